The minimum absolute atomic E-state index is 0.136. The number of amides is 2. The first-order valence-electron chi connectivity index (χ1n) is 10.9. The molecule has 0 spiro atoms. The molecular weight excluding hydrogens is 590 g/mol. The van der Waals surface area contributed by atoms with Crippen LogP contribution < -0.4 is 20.1 Å². The van der Waals surface area contributed by atoms with E-state index in [1.165, 1.54) is 6.08 Å². The molecule has 0 saturated carbocycles. The molecule has 0 unspecified atom stereocenters. The Kier molecular flexibility index (Phi) is 9.68. The van der Waals surface area contributed by atoms with Gasteiger partial charge in [0, 0.05) is 21.4 Å². The van der Waals surface area contributed by atoms with Crippen LogP contribution in [-0.4, -0.2) is 25.0 Å². The van der Waals surface area contributed by atoms with Crippen LogP contribution in [0.5, 0.6) is 11.5 Å². The van der Waals surface area contributed by atoms with Crippen LogP contribution in [0.15, 0.2) is 75.2 Å². The Morgan fingerprint density at radius 1 is 1.03 bits per heavy atom. The molecule has 0 bridgehead atoms. The molecule has 3 rings (SSSR count). The number of hydrogen-bond donors (Lipinski definition) is 2. The zero-order chi connectivity index (χ0) is 26.1. The maximum absolute atomic E-state index is 12.8. The van der Waals surface area contributed by atoms with Gasteiger partial charge >= 0.3 is 0 Å². The van der Waals surface area contributed by atoms with Crippen LogP contribution in [0, 0.1) is 18.3 Å². The van der Waals surface area contributed by atoms with Crippen molar-refractivity contribution in [1.82, 2.24) is 0 Å². The Morgan fingerprint density at radius 2 is 1.75 bits per heavy atom. The van der Waals surface area contributed by atoms with E-state index in [0.29, 0.717) is 44.0 Å². The van der Waals surface area contributed by atoms with Gasteiger partial charge in [-0.05, 0) is 83.9 Å². The summed E-state index contributed by atoms with van der Waals surface area (Å²) in [6.45, 7) is 4.05. The number of halogens is 2. The number of benzene rings is 3. The van der Waals surface area contributed by atoms with Crippen LogP contribution in [0.1, 0.15) is 18.1 Å². The fraction of sp³-hybridized carbons (Fsp3) is 0.148. The minimum atomic E-state index is -0.582. The third-order valence-electron chi connectivity index (χ3n) is 4.89. The number of rotatable bonds is 9. The Morgan fingerprint density at radius 3 is 2.42 bits per heavy atom. The van der Waals surface area contributed by atoms with Crippen molar-refractivity contribution in [2.24, 2.45) is 0 Å². The van der Waals surface area contributed by atoms with Gasteiger partial charge in [0.2, 0.25) is 0 Å². The lowest BCUT2D eigenvalue weighted by molar-refractivity contribution is -0.118. The van der Waals surface area contributed by atoms with Crippen LogP contribution in [0.3, 0.4) is 0 Å². The van der Waals surface area contributed by atoms with Crippen molar-refractivity contribution in [3.05, 3.63) is 86.3 Å². The van der Waals surface area contributed by atoms with E-state index in [1.54, 1.807) is 42.5 Å². The van der Waals surface area contributed by atoms with E-state index in [9.17, 15) is 14.9 Å². The molecule has 0 aromatic heterocycles. The molecule has 0 aliphatic carbocycles. The summed E-state index contributed by atoms with van der Waals surface area (Å²) in [6, 6.07) is 19.6. The number of aryl methyl sites for hydroxylation is 1. The normalized spacial score (nSPS) is 10.8. The Hall–Kier alpha value is -3.61. The average Bonchev–Trinajstić information content (AvgIpc) is 2.84. The smallest absolute Gasteiger partial charge is 0.266 e. The summed E-state index contributed by atoms with van der Waals surface area (Å²) in [6.07, 6.45) is 1.41. The maximum Gasteiger partial charge on any atom is 0.266 e. The van der Waals surface area contributed by atoms with Crippen LogP contribution in [0.2, 0.25) is 0 Å². The highest BCUT2D eigenvalue weighted by atomic mass is 79.9. The summed E-state index contributed by atoms with van der Waals surface area (Å²) in [5.74, 6) is 0.0716. The lowest BCUT2D eigenvalue weighted by Gasteiger charge is -2.13. The van der Waals surface area contributed by atoms with E-state index in [2.05, 4.69) is 42.5 Å². The van der Waals surface area contributed by atoms with Crippen LogP contribution >= 0.6 is 31.9 Å². The Bertz CT molecular complexity index is 1330. The summed E-state index contributed by atoms with van der Waals surface area (Å²) < 4.78 is 12.4. The van der Waals surface area contributed by atoms with Gasteiger partial charge < -0.3 is 20.1 Å². The molecule has 0 heterocycles. The van der Waals surface area contributed by atoms with Crippen molar-refractivity contribution in [3.8, 4) is 17.6 Å². The lowest BCUT2D eigenvalue weighted by atomic mass is 10.1. The summed E-state index contributed by atoms with van der Waals surface area (Å²) in [7, 11) is 0. The van der Waals surface area contributed by atoms with Crippen LogP contribution in [-0.2, 0) is 9.59 Å². The topological polar surface area (TPSA) is 100 Å². The number of carbonyl (C=O) groups excluding carboxylic acids is 2. The van der Waals surface area contributed by atoms with Crippen molar-refractivity contribution in [1.29, 1.82) is 5.26 Å². The molecular formula is C27H23Br2N3O4. The SMILES string of the molecule is CCOc1ccc(NC(=O)/C(C#N)=C/c2cc(Br)cc(Br)c2OCC(=O)Nc2ccccc2C)cc1. The van der Waals surface area contributed by atoms with Gasteiger partial charge in [0.1, 0.15) is 23.1 Å². The largest absolute Gasteiger partial charge is 0.494 e. The predicted molar refractivity (Wildman–Crippen MR) is 147 cm³/mol. The van der Waals surface area contributed by atoms with E-state index in [0.717, 1.165) is 5.56 Å². The number of carbonyl (C=O) groups is 2. The van der Waals surface area contributed by atoms with Crippen molar-refractivity contribution < 1.29 is 19.1 Å². The van der Waals surface area contributed by atoms with Crippen molar-refractivity contribution in [2.45, 2.75) is 13.8 Å². The van der Waals surface area contributed by atoms with Gasteiger partial charge in [-0.3, -0.25) is 9.59 Å². The number of nitrogens with zero attached hydrogens (tertiary/aromatic N) is 1. The van der Waals surface area contributed by atoms with Gasteiger partial charge in [-0.2, -0.15) is 5.26 Å². The molecule has 0 aliphatic heterocycles. The summed E-state index contributed by atoms with van der Waals surface area (Å²) in [4.78, 5) is 25.3. The second-order valence-corrected chi connectivity index (χ2v) is 9.31. The predicted octanol–water partition coefficient (Wildman–Crippen LogP) is 6.48. The quantitative estimate of drug-likeness (QED) is 0.213. The number of hydrogen-bond acceptors (Lipinski definition) is 5. The number of nitriles is 1. The molecule has 0 fully saturated rings. The third kappa shape index (κ3) is 7.44. The number of nitrogens with one attached hydrogen (secondary N) is 2. The summed E-state index contributed by atoms with van der Waals surface area (Å²) in [5, 5.41) is 15.2. The average molecular weight is 613 g/mol. The number of ether oxygens (including phenoxy) is 2. The number of anilines is 2. The first kappa shape index (κ1) is 27.0. The van der Waals surface area contributed by atoms with E-state index < -0.39 is 5.91 Å². The molecule has 0 aliphatic rings. The van der Waals surface area contributed by atoms with Gasteiger partial charge in [0.05, 0.1) is 11.1 Å². The van der Waals surface area contributed by atoms with Gasteiger partial charge in [-0.15, -0.1) is 0 Å². The molecule has 9 heteroatoms. The standard InChI is InChI=1S/C27H23Br2N3O4/c1-3-35-22-10-8-21(9-11-22)31-27(34)19(15-30)12-18-13-20(28)14-23(29)26(18)36-16-25(33)32-24-7-5-4-6-17(24)2/h4-14H,3,16H2,1-2H3,(H,31,34)(H,32,33)/b19-12+. The van der Waals surface area contributed by atoms with E-state index in [4.69, 9.17) is 9.47 Å². The zero-order valence-corrected chi connectivity index (χ0v) is 22.8. The maximum atomic E-state index is 12.8. The molecule has 2 amide bonds. The molecule has 0 radical (unpaired) electrons. The van der Waals surface area contributed by atoms with Gasteiger partial charge in [-0.25, -0.2) is 0 Å². The highest BCUT2D eigenvalue weighted by molar-refractivity contribution is 9.11. The molecule has 184 valence electrons. The second kappa shape index (κ2) is 12.9. The minimum Gasteiger partial charge on any atom is -0.494 e. The lowest BCUT2D eigenvalue weighted by Crippen LogP contribution is -2.21. The summed E-state index contributed by atoms with van der Waals surface area (Å²) >= 11 is 6.85. The molecule has 7 nitrogen and oxygen atoms in total. The fourth-order valence-electron chi connectivity index (χ4n) is 3.18. The van der Waals surface area contributed by atoms with Gasteiger partial charge in [0.25, 0.3) is 11.8 Å². The molecule has 0 saturated heterocycles. The fourth-order valence-corrected chi connectivity index (χ4v) is 4.55. The third-order valence-corrected chi connectivity index (χ3v) is 5.94. The van der Waals surface area contributed by atoms with Crippen LogP contribution in [0.4, 0.5) is 11.4 Å². The monoisotopic (exact) mass is 611 g/mol. The molecule has 3 aromatic rings. The highest BCUT2D eigenvalue weighted by Gasteiger charge is 2.16. The van der Waals surface area contributed by atoms with E-state index >= 15 is 0 Å². The highest BCUT2D eigenvalue weighted by Crippen LogP contribution is 2.34. The van der Waals surface area contributed by atoms with Gasteiger partial charge in [-0.1, -0.05) is 34.1 Å². The van der Waals surface area contributed by atoms with Crippen LogP contribution in [0.25, 0.3) is 6.08 Å². The van der Waals surface area contributed by atoms with E-state index in [-0.39, 0.29) is 18.1 Å². The zero-order valence-electron chi connectivity index (χ0n) is 19.6. The number of para-hydroxylation sites is 1. The Labute approximate surface area is 226 Å². The molecule has 3 aromatic carbocycles. The van der Waals surface area contributed by atoms with Crippen molar-refractivity contribution in [3.63, 3.8) is 0 Å². The Balaban J connectivity index is 1.78. The first-order valence-corrected chi connectivity index (χ1v) is 12.5. The molecule has 0 atom stereocenters. The van der Waals surface area contributed by atoms with E-state index in [1.807, 2.05) is 38.1 Å². The summed E-state index contributed by atoms with van der Waals surface area (Å²) in [5.41, 5.74) is 2.45. The van der Waals surface area contributed by atoms with Crippen molar-refractivity contribution in [2.75, 3.05) is 23.8 Å². The van der Waals surface area contributed by atoms with Crippen molar-refractivity contribution >= 4 is 61.1 Å². The second-order valence-electron chi connectivity index (χ2n) is 7.54. The molecule has 2 N–H and O–H groups in total. The first-order chi connectivity index (χ1) is 17.3. The van der Waals surface area contributed by atoms with Gasteiger partial charge in [0.15, 0.2) is 6.61 Å². The molecule has 36 heavy (non-hydrogen) atoms.